The van der Waals surface area contributed by atoms with Gasteiger partial charge in [0, 0.05) is 40.5 Å². The lowest BCUT2D eigenvalue weighted by Gasteiger charge is -2.13. The average Bonchev–Trinajstić information content (AvgIpc) is 3.06. The standard InChI is InChI=1S/C22H28N4O3S/c1-16(17-8-6-5-7-9-17)15-23-22(27)13-12-21-24-19-14-18(30(28,29)25(2)3)10-11-20(19)26(21)4/h5-11,14,16H,12-13,15H2,1-4H3,(H,23,27)/t16-/m0/s1. The number of hydrogen-bond acceptors (Lipinski definition) is 4. The fourth-order valence-corrected chi connectivity index (χ4v) is 4.23. The third kappa shape index (κ3) is 4.71. The van der Waals surface area contributed by atoms with Crippen molar-refractivity contribution in [2.75, 3.05) is 20.6 Å². The van der Waals surface area contributed by atoms with E-state index in [0.717, 1.165) is 11.3 Å². The molecule has 1 heterocycles. The Morgan fingerprint density at radius 1 is 1.17 bits per heavy atom. The molecule has 0 radical (unpaired) electrons. The van der Waals surface area contributed by atoms with Gasteiger partial charge in [0.05, 0.1) is 15.9 Å². The Labute approximate surface area is 177 Å². The summed E-state index contributed by atoms with van der Waals surface area (Å²) in [6, 6.07) is 15.0. The van der Waals surface area contributed by atoms with Crippen molar-refractivity contribution in [2.24, 2.45) is 7.05 Å². The number of hydrogen-bond donors (Lipinski definition) is 1. The Kier molecular flexibility index (Phi) is 6.58. The summed E-state index contributed by atoms with van der Waals surface area (Å²) in [4.78, 5) is 17.1. The van der Waals surface area contributed by atoms with Gasteiger partial charge in [-0.05, 0) is 29.7 Å². The normalized spacial score (nSPS) is 13.0. The maximum Gasteiger partial charge on any atom is 0.242 e. The monoisotopic (exact) mass is 428 g/mol. The lowest BCUT2D eigenvalue weighted by Crippen LogP contribution is -2.27. The lowest BCUT2D eigenvalue weighted by molar-refractivity contribution is -0.121. The second-order valence-corrected chi connectivity index (χ2v) is 9.79. The fourth-order valence-electron chi connectivity index (χ4n) is 3.30. The molecule has 7 nitrogen and oxygen atoms in total. The number of carbonyl (C=O) groups is 1. The molecule has 0 unspecified atom stereocenters. The largest absolute Gasteiger partial charge is 0.355 e. The number of benzene rings is 2. The van der Waals surface area contributed by atoms with E-state index in [4.69, 9.17) is 0 Å². The number of imidazole rings is 1. The molecule has 1 N–H and O–H groups in total. The van der Waals surface area contributed by atoms with Crippen LogP contribution in [0.4, 0.5) is 0 Å². The van der Waals surface area contributed by atoms with E-state index >= 15 is 0 Å². The number of nitrogens with one attached hydrogen (secondary N) is 1. The number of fused-ring (bicyclic) bond motifs is 1. The van der Waals surface area contributed by atoms with Gasteiger partial charge in [-0.25, -0.2) is 17.7 Å². The molecule has 0 aliphatic carbocycles. The van der Waals surface area contributed by atoms with Gasteiger partial charge >= 0.3 is 0 Å². The van der Waals surface area contributed by atoms with Gasteiger partial charge in [-0.1, -0.05) is 37.3 Å². The predicted molar refractivity (Wildman–Crippen MR) is 118 cm³/mol. The van der Waals surface area contributed by atoms with E-state index in [9.17, 15) is 13.2 Å². The molecule has 1 amide bonds. The van der Waals surface area contributed by atoms with Crippen LogP contribution in [0, 0.1) is 0 Å². The lowest BCUT2D eigenvalue weighted by atomic mass is 10.0. The summed E-state index contributed by atoms with van der Waals surface area (Å²) in [5.74, 6) is 0.958. The highest BCUT2D eigenvalue weighted by Gasteiger charge is 2.19. The molecule has 1 aromatic heterocycles. The van der Waals surface area contributed by atoms with Crippen LogP contribution in [-0.4, -0.2) is 48.8 Å². The molecule has 2 aromatic carbocycles. The Morgan fingerprint density at radius 2 is 1.87 bits per heavy atom. The van der Waals surface area contributed by atoms with Gasteiger partial charge in [-0.15, -0.1) is 0 Å². The van der Waals surface area contributed by atoms with Crippen molar-refractivity contribution < 1.29 is 13.2 Å². The first-order valence-electron chi connectivity index (χ1n) is 9.89. The van der Waals surface area contributed by atoms with E-state index < -0.39 is 10.0 Å². The van der Waals surface area contributed by atoms with Crippen molar-refractivity contribution in [3.8, 4) is 0 Å². The third-order valence-corrected chi connectivity index (χ3v) is 7.08. The van der Waals surface area contributed by atoms with Crippen LogP contribution in [0.2, 0.25) is 0 Å². The molecular weight excluding hydrogens is 400 g/mol. The molecule has 160 valence electrons. The summed E-state index contributed by atoms with van der Waals surface area (Å²) in [7, 11) is 1.36. The molecule has 0 saturated heterocycles. The SMILES string of the molecule is C[C@@H](CNC(=O)CCc1nc2cc(S(=O)(=O)N(C)C)ccc2n1C)c1ccccc1. The van der Waals surface area contributed by atoms with E-state index in [1.807, 2.05) is 29.8 Å². The van der Waals surface area contributed by atoms with Crippen LogP contribution in [0.25, 0.3) is 11.0 Å². The molecule has 0 fully saturated rings. The fraction of sp³-hybridized carbons (Fsp3) is 0.364. The average molecular weight is 429 g/mol. The highest BCUT2D eigenvalue weighted by Crippen LogP contribution is 2.22. The molecule has 0 spiro atoms. The molecular formula is C22H28N4O3S. The molecule has 1 atom stereocenters. The quantitative estimate of drug-likeness (QED) is 0.598. The Morgan fingerprint density at radius 3 is 2.53 bits per heavy atom. The summed E-state index contributed by atoms with van der Waals surface area (Å²) in [6.07, 6.45) is 0.800. The van der Waals surface area contributed by atoms with Gasteiger partial charge in [-0.3, -0.25) is 4.79 Å². The Balaban J connectivity index is 1.64. The Hall–Kier alpha value is -2.71. The minimum atomic E-state index is -3.52. The van der Waals surface area contributed by atoms with Gasteiger partial charge in [0.2, 0.25) is 15.9 Å². The van der Waals surface area contributed by atoms with E-state index in [-0.39, 0.29) is 16.7 Å². The van der Waals surface area contributed by atoms with Crippen LogP contribution < -0.4 is 5.32 Å². The van der Waals surface area contributed by atoms with Gasteiger partial charge in [-0.2, -0.15) is 0 Å². The predicted octanol–water partition coefficient (Wildman–Crippen LogP) is 2.68. The van der Waals surface area contributed by atoms with Crippen molar-refractivity contribution in [1.82, 2.24) is 19.2 Å². The zero-order chi connectivity index (χ0) is 21.9. The molecule has 0 bridgehead atoms. The minimum absolute atomic E-state index is 0.0271. The van der Waals surface area contributed by atoms with E-state index in [1.165, 1.54) is 24.0 Å². The maximum absolute atomic E-state index is 12.4. The summed E-state index contributed by atoms with van der Waals surface area (Å²) in [5.41, 5.74) is 2.63. The molecule has 30 heavy (non-hydrogen) atoms. The molecule has 0 saturated carbocycles. The molecule has 0 aliphatic rings. The summed E-state index contributed by atoms with van der Waals surface area (Å²) >= 11 is 0. The first-order chi connectivity index (χ1) is 14.2. The number of sulfonamides is 1. The number of amides is 1. The van der Waals surface area contributed by atoms with Gasteiger partial charge < -0.3 is 9.88 Å². The molecule has 0 aliphatic heterocycles. The summed E-state index contributed by atoms with van der Waals surface area (Å²) < 4.78 is 27.8. The van der Waals surface area contributed by atoms with Gasteiger partial charge in [0.25, 0.3) is 0 Å². The number of aromatic nitrogens is 2. The minimum Gasteiger partial charge on any atom is -0.355 e. The second kappa shape index (κ2) is 8.97. The highest BCUT2D eigenvalue weighted by atomic mass is 32.2. The van der Waals surface area contributed by atoms with Crippen LogP contribution in [0.5, 0.6) is 0 Å². The van der Waals surface area contributed by atoms with E-state index in [0.29, 0.717) is 24.9 Å². The molecule has 3 rings (SSSR count). The van der Waals surface area contributed by atoms with Crippen molar-refractivity contribution >= 4 is 27.0 Å². The molecule has 3 aromatic rings. The van der Waals surface area contributed by atoms with E-state index in [1.54, 1.807) is 18.2 Å². The van der Waals surface area contributed by atoms with E-state index in [2.05, 4.69) is 29.4 Å². The van der Waals surface area contributed by atoms with Gasteiger partial charge in [0.15, 0.2) is 0 Å². The summed E-state index contributed by atoms with van der Waals surface area (Å²) in [5, 5.41) is 2.99. The maximum atomic E-state index is 12.4. The summed E-state index contributed by atoms with van der Waals surface area (Å²) in [6.45, 7) is 2.66. The second-order valence-electron chi connectivity index (χ2n) is 7.64. The number of aryl methyl sites for hydroxylation is 2. The van der Waals surface area contributed by atoms with Crippen molar-refractivity contribution in [2.45, 2.75) is 30.6 Å². The zero-order valence-corrected chi connectivity index (χ0v) is 18.6. The smallest absolute Gasteiger partial charge is 0.242 e. The van der Waals surface area contributed by atoms with Crippen molar-refractivity contribution in [3.63, 3.8) is 0 Å². The number of rotatable bonds is 8. The van der Waals surface area contributed by atoms with Crippen LogP contribution in [0.3, 0.4) is 0 Å². The highest BCUT2D eigenvalue weighted by molar-refractivity contribution is 7.89. The number of nitrogens with zero attached hydrogens (tertiary/aromatic N) is 3. The first-order valence-corrected chi connectivity index (χ1v) is 11.3. The third-order valence-electron chi connectivity index (χ3n) is 5.27. The van der Waals surface area contributed by atoms with Crippen molar-refractivity contribution in [3.05, 3.63) is 59.9 Å². The number of carbonyl (C=O) groups excluding carboxylic acids is 1. The first kappa shape index (κ1) is 22.0. The van der Waals surface area contributed by atoms with Crippen LogP contribution in [0.1, 0.15) is 30.7 Å². The van der Waals surface area contributed by atoms with Crippen LogP contribution in [0.15, 0.2) is 53.4 Å². The van der Waals surface area contributed by atoms with Crippen molar-refractivity contribution in [1.29, 1.82) is 0 Å². The topological polar surface area (TPSA) is 84.3 Å². The van der Waals surface area contributed by atoms with Crippen LogP contribution >= 0.6 is 0 Å². The zero-order valence-electron chi connectivity index (χ0n) is 17.8. The molecule has 8 heteroatoms. The Bertz CT molecular complexity index is 1140. The van der Waals surface area contributed by atoms with Gasteiger partial charge in [0.1, 0.15) is 5.82 Å². The van der Waals surface area contributed by atoms with Crippen LogP contribution in [-0.2, 0) is 28.3 Å².